The van der Waals surface area contributed by atoms with E-state index in [0.29, 0.717) is 17.4 Å². The summed E-state index contributed by atoms with van der Waals surface area (Å²) < 4.78 is 0. The van der Waals surface area contributed by atoms with E-state index < -0.39 is 0 Å². The van der Waals surface area contributed by atoms with Gasteiger partial charge >= 0.3 is 6.03 Å². The molecule has 5 nitrogen and oxygen atoms in total. The van der Waals surface area contributed by atoms with Crippen molar-refractivity contribution in [3.63, 3.8) is 0 Å². The van der Waals surface area contributed by atoms with Gasteiger partial charge in [-0.15, -0.1) is 0 Å². The molecule has 1 aliphatic rings. The lowest BCUT2D eigenvalue weighted by molar-refractivity contribution is 0.129. The van der Waals surface area contributed by atoms with Gasteiger partial charge in [0, 0.05) is 6.54 Å². The van der Waals surface area contributed by atoms with Gasteiger partial charge in [0.1, 0.15) is 5.82 Å². The van der Waals surface area contributed by atoms with Crippen molar-refractivity contribution in [2.75, 3.05) is 11.9 Å². The van der Waals surface area contributed by atoms with Crippen molar-refractivity contribution in [1.82, 2.24) is 14.9 Å². The van der Waals surface area contributed by atoms with Gasteiger partial charge in [-0.25, -0.2) is 14.8 Å². The van der Waals surface area contributed by atoms with E-state index in [0.717, 1.165) is 19.4 Å². The van der Waals surface area contributed by atoms with Crippen molar-refractivity contribution < 1.29 is 4.79 Å². The monoisotopic (exact) mass is 324 g/mol. The summed E-state index contributed by atoms with van der Waals surface area (Å²) >= 11 is 0. The van der Waals surface area contributed by atoms with E-state index in [1.54, 1.807) is 12.4 Å². The van der Waals surface area contributed by atoms with Gasteiger partial charge in [0.2, 0.25) is 0 Å². The molecule has 0 radical (unpaired) electrons. The van der Waals surface area contributed by atoms with Gasteiger partial charge in [0.05, 0.1) is 24.1 Å². The number of carbonyl (C=O) groups is 1. The molecule has 2 heterocycles. The Bertz CT molecular complexity index is 696. The van der Waals surface area contributed by atoms with Crippen LogP contribution in [0.2, 0.25) is 0 Å². The van der Waals surface area contributed by atoms with Crippen LogP contribution in [0.25, 0.3) is 0 Å². The Kier molecular flexibility index (Phi) is 4.79. The zero-order valence-electron chi connectivity index (χ0n) is 14.5. The maximum absolute atomic E-state index is 12.8. The number of likely N-dealkylation sites (tertiary alicyclic amines) is 1. The first-order chi connectivity index (χ1) is 11.5. The normalized spacial score (nSPS) is 20.7. The first kappa shape index (κ1) is 16.4. The van der Waals surface area contributed by atoms with Crippen LogP contribution in [0.3, 0.4) is 0 Å². The van der Waals surface area contributed by atoms with Crippen molar-refractivity contribution in [2.24, 2.45) is 5.92 Å². The first-order valence-electron chi connectivity index (χ1n) is 8.47. The first-order valence-corrected chi connectivity index (χ1v) is 8.47. The smallest absolute Gasteiger partial charge is 0.317 e. The fourth-order valence-electron chi connectivity index (χ4n) is 3.34. The lowest BCUT2D eigenvalue weighted by atomic mass is 9.86. The van der Waals surface area contributed by atoms with Crippen LogP contribution >= 0.6 is 0 Å². The molecule has 1 fully saturated rings. The number of rotatable bonds is 2. The molecule has 1 aromatic heterocycles. The zero-order valence-corrected chi connectivity index (χ0v) is 14.5. The number of hydrogen-bond acceptors (Lipinski definition) is 3. The second-order valence-corrected chi connectivity index (χ2v) is 6.62. The number of nitrogens with zero attached hydrogens (tertiary/aromatic N) is 3. The lowest BCUT2D eigenvalue weighted by Crippen LogP contribution is -2.44. The highest BCUT2D eigenvalue weighted by Gasteiger charge is 2.33. The molecule has 0 spiro atoms. The molecular formula is C19H24N4O. The second kappa shape index (κ2) is 6.99. The van der Waals surface area contributed by atoms with Crippen molar-refractivity contribution in [3.05, 3.63) is 53.6 Å². The van der Waals surface area contributed by atoms with E-state index in [9.17, 15) is 4.79 Å². The predicted octanol–water partition coefficient (Wildman–Crippen LogP) is 4.10. The number of aromatic nitrogens is 2. The summed E-state index contributed by atoms with van der Waals surface area (Å²) in [7, 11) is 0. The summed E-state index contributed by atoms with van der Waals surface area (Å²) in [5.41, 5.74) is 3.06. The molecule has 1 aromatic carbocycles. The molecule has 3 rings (SSSR count). The number of piperidine rings is 1. The number of hydrogen-bond donors (Lipinski definition) is 1. The van der Waals surface area contributed by atoms with Crippen molar-refractivity contribution in [3.8, 4) is 0 Å². The third-order valence-electron chi connectivity index (χ3n) is 4.65. The average molecular weight is 324 g/mol. The number of carbonyl (C=O) groups excluding carboxylic acids is 1. The van der Waals surface area contributed by atoms with Crippen molar-refractivity contribution >= 4 is 11.7 Å². The van der Waals surface area contributed by atoms with E-state index in [1.807, 2.05) is 11.8 Å². The van der Waals surface area contributed by atoms with Gasteiger partial charge < -0.3 is 10.2 Å². The Hall–Kier alpha value is -2.43. The highest BCUT2D eigenvalue weighted by molar-refractivity contribution is 5.89. The van der Waals surface area contributed by atoms with Gasteiger partial charge in [-0.2, -0.15) is 0 Å². The minimum atomic E-state index is -0.0837. The number of anilines is 1. The summed E-state index contributed by atoms with van der Waals surface area (Å²) in [6.07, 6.45) is 5.46. The van der Waals surface area contributed by atoms with Crippen molar-refractivity contribution in [1.29, 1.82) is 0 Å². The van der Waals surface area contributed by atoms with E-state index in [4.69, 9.17) is 0 Å². The van der Waals surface area contributed by atoms with Gasteiger partial charge in [-0.05, 0) is 38.2 Å². The topological polar surface area (TPSA) is 58.1 Å². The zero-order chi connectivity index (χ0) is 17.1. The molecule has 2 unspecified atom stereocenters. The van der Waals surface area contributed by atoms with Crippen LogP contribution in [0.1, 0.15) is 42.8 Å². The third kappa shape index (κ3) is 3.55. The summed E-state index contributed by atoms with van der Waals surface area (Å²) in [5, 5.41) is 2.93. The van der Waals surface area contributed by atoms with Crippen LogP contribution < -0.4 is 5.32 Å². The average Bonchev–Trinajstić information content (AvgIpc) is 2.58. The van der Waals surface area contributed by atoms with Crippen LogP contribution in [0.4, 0.5) is 10.5 Å². The number of amides is 2. The number of nitrogens with one attached hydrogen (secondary N) is 1. The summed E-state index contributed by atoms with van der Waals surface area (Å²) in [5.74, 6) is 1.12. The quantitative estimate of drug-likeness (QED) is 0.905. The highest BCUT2D eigenvalue weighted by atomic mass is 16.2. The minimum Gasteiger partial charge on any atom is -0.317 e. The number of aryl methyl sites for hydroxylation is 2. The maximum Gasteiger partial charge on any atom is 0.322 e. The van der Waals surface area contributed by atoms with Gasteiger partial charge in [0.25, 0.3) is 0 Å². The Morgan fingerprint density at radius 3 is 2.50 bits per heavy atom. The SMILES string of the molecule is Cc1ccc(C2C(C)CCCN2C(=O)Nc2cnc(C)nc2)cc1. The van der Waals surface area contributed by atoms with E-state index in [2.05, 4.69) is 53.4 Å². The fourth-order valence-corrected chi connectivity index (χ4v) is 3.34. The Morgan fingerprint density at radius 2 is 1.83 bits per heavy atom. The molecule has 2 amide bonds. The largest absolute Gasteiger partial charge is 0.322 e. The van der Waals surface area contributed by atoms with E-state index in [1.165, 1.54) is 11.1 Å². The van der Waals surface area contributed by atoms with Crippen LogP contribution in [-0.2, 0) is 0 Å². The molecule has 126 valence electrons. The Balaban J connectivity index is 1.81. The fraction of sp³-hybridized carbons (Fsp3) is 0.421. The number of urea groups is 1. The molecule has 0 bridgehead atoms. The molecule has 5 heteroatoms. The Labute approximate surface area is 143 Å². The summed E-state index contributed by atoms with van der Waals surface area (Å²) in [6, 6.07) is 8.51. The van der Waals surface area contributed by atoms with E-state index in [-0.39, 0.29) is 12.1 Å². The molecule has 24 heavy (non-hydrogen) atoms. The lowest BCUT2D eigenvalue weighted by Gasteiger charge is -2.40. The highest BCUT2D eigenvalue weighted by Crippen LogP contribution is 2.36. The Morgan fingerprint density at radius 1 is 1.17 bits per heavy atom. The molecule has 0 saturated carbocycles. The predicted molar refractivity (Wildman–Crippen MR) is 94.8 cm³/mol. The molecule has 0 aliphatic carbocycles. The van der Waals surface area contributed by atoms with Crippen LogP contribution in [-0.4, -0.2) is 27.4 Å². The minimum absolute atomic E-state index is 0.0837. The van der Waals surface area contributed by atoms with Crippen LogP contribution in [0, 0.1) is 19.8 Å². The molecule has 2 atom stereocenters. The summed E-state index contributed by atoms with van der Waals surface area (Å²) in [4.78, 5) is 23.0. The third-order valence-corrected chi connectivity index (χ3v) is 4.65. The van der Waals surface area contributed by atoms with Crippen LogP contribution in [0.15, 0.2) is 36.7 Å². The van der Waals surface area contributed by atoms with Gasteiger partial charge in [-0.3, -0.25) is 0 Å². The number of benzene rings is 1. The molecule has 1 aliphatic heterocycles. The van der Waals surface area contributed by atoms with Crippen molar-refractivity contribution in [2.45, 2.75) is 39.7 Å². The maximum atomic E-state index is 12.8. The standard InChI is InChI=1S/C19H24N4O/c1-13-6-8-16(9-7-13)18-14(2)5-4-10-23(18)19(24)22-17-11-20-15(3)21-12-17/h6-9,11-12,14,18H,4-5,10H2,1-3H3,(H,22,24). The van der Waals surface area contributed by atoms with Crippen LogP contribution in [0.5, 0.6) is 0 Å². The molecule has 2 aromatic rings. The van der Waals surface area contributed by atoms with Gasteiger partial charge in [-0.1, -0.05) is 36.8 Å². The molecule has 1 saturated heterocycles. The molecule has 1 N–H and O–H groups in total. The molecular weight excluding hydrogens is 300 g/mol. The van der Waals surface area contributed by atoms with Gasteiger partial charge in [0.15, 0.2) is 0 Å². The second-order valence-electron chi connectivity index (χ2n) is 6.62. The summed E-state index contributed by atoms with van der Waals surface area (Å²) in [6.45, 7) is 6.89. The van der Waals surface area contributed by atoms with E-state index >= 15 is 0 Å².